The molecule has 1 aromatic carbocycles. The number of benzene rings is 1. The first kappa shape index (κ1) is 20.2. The van der Waals surface area contributed by atoms with Gasteiger partial charge in [-0.3, -0.25) is 4.79 Å². The topological polar surface area (TPSA) is 38.3 Å². The van der Waals surface area contributed by atoms with Gasteiger partial charge in [-0.05, 0) is 42.9 Å². The van der Waals surface area contributed by atoms with E-state index in [1.54, 1.807) is 0 Å². The highest BCUT2D eigenvalue weighted by Gasteiger charge is 2.02. The van der Waals surface area contributed by atoms with Gasteiger partial charge >= 0.3 is 0 Å². The summed E-state index contributed by atoms with van der Waals surface area (Å²) in [5, 5.41) is 3.20. The summed E-state index contributed by atoms with van der Waals surface area (Å²) in [6.45, 7) is 8.70. The third-order valence-corrected chi connectivity index (χ3v) is 2.95. The molecular weight excluding hydrogens is 258 g/mol. The molecule has 0 aliphatic heterocycles. The maximum atomic E-state index is 8.95. The zero-order valence-electron chi connectivity index (χ0n) is 13.2. The van der Waals surface area contributed by atoms with Gasteiger partial charge in [0.1, 0.15) is 0 Å². The lowest BCUT2D eigenvalue weighted by Gasteiger charge is -2.10. The number of anilines is 1. The molecule has 0 bridgehead atoms. The minimum absolute atomic E-state index is 0.375. The van der Waals surface area contributed by atoms with Crippen molar-refractivity contribution in [2.75, 3.05) is 25.7 Å². The van der Waals surface area contributed by atoms with Gasteiger partial charge in [0, 0.05) is 18.5 Å². The number of methoxy groups -OCH3 is 1. The van der Waals surface area contributed by atoms with E-state index in [4.69, 9.17) is 4.79 Å². The van der Waals surface area contributed by atoms with E-state index in [9.17, 15) is 0 Å². The molecule has 1 rings (SSSR count). The second kappa shape index (κ2) is 13.3. The Hall–Kier alpha value is -1.16. The summed E-state index contributed by atoms with van der Waals surface area (Å²) in [5.74, 6) is 1.11. The van der Waals surface area contributed by atoms with Crippen molar-refractivity contribution in [1.82, 2.24) is 0 Å². The Balaban J connectivity index is 0. The lowest BCUT2D eigenvalue weighted by molar-refractivity contribution is -0.126. The summed E-state index contributed by atoms with van der Waals surface area (Å²) in [6.07, 6.45) is 2.14. The van der Waals surface area contributed by atoms with Crippen molar-refractivity contribution in [1.29, 1.82) is 0 Å². The molecule has 0 aliphatic rings. The second-order valence-electron chi connectivity index (χ2n) is 3.61. The number of carbonyl (C=O) groups is 1. The monoisotopic (exact) mass is 285 g/mol. The fraction of sp³-hybridized carbons (Fsp3) is 0.533. The van der Waals surface area contributed by atoms with Crippen LogP contribution in [0.5, 0.6) is 0 Å². The smallest absolute Gasteiger partial charge is 0.292 e. The molecule has 0 heterocycles. The predicted octanol–water partition coefficient (Wildman–Crippen LogP) is 4.02. The van der Waals surface area contributed by atoms with Crippen molar-refractivity contribution in [3.05, 3.63) is 28.8 Å². The predicted molar refractivity (Wildman–Crippen MR) is 87.1 cm³/mol. The summed E-state index contributed by atoms with van der Waals surface area (Å²) in [7, 11) is 3.28. The normalized spacial score (nSPS) is 8.37. The van der Waals surface area contributed by atoms with Gasteiger partial charge in [0.2, 0.25) is 0 Å². The molecule has 0 unspecified atom stereocenters. The number of thioether (sulfide) groups is 1. The van der Waals surface area contributed by atoms with Crippen LogP contribution in [0.3, 0.4) is 0 Å². The van der Waals surface area contributed by atoms with Gasteiger partial charge in [-0.15, -0.1) is 0 Å². The van der Waals surface area contributed by atoms with Crippen LogP contribution < -0.4 is 5.32 Å². The van der Waals surface area contributed by atoms with Crippen molar-refractivity contribution in [3.8, 4) is 0 Å². The molecule has 0 saturated heterocycles. The van der Waals surface area contributed by atoms with Crippen molar-refractivity contribution in [2.24, 2.45) is 0 Å². The van der Waals surface area contributed by atoms with Crippen LogP contribution in [0.15, 0.2) is 12.1 Å². The highest BCUT2D eigenvalue weighted by molar-refractivity contribution is 7.97. The van der Waals surface area contributed by atoms with Crippen molar-refractivity contribution in [3.63, 3.8) is 0 Å². The summed E-state index contributed by atoms with van der Waals surface area (Å²) >= 11 is 1.87. The maximum Gasteiger partial charge on any atom is 0.292 e. The first-order valence-corrected chi connectivity index (χ1v) is 7.73. The van der Waals surface area contributed by atoms with Gasteiger partial charge in [0.25, 0.3) is 6.47 Å². The summed E-state index contributed by atoms with van der Waals surface area (Å²) in [6, 6.07) is 4.50. The third-order valence-electron chi connectivity index (χ3n) is 2.35. The number of hydrogen-bond acceptors (Lipinski definition) is 4. The summed E-state index contributed by atoms with van der Waals surface area (Å²) < 4.78 is 3.86. The van der Waals surface area contributed by atoms with Crippen LogP contribution in [0.2, 0.25) is 0 Å². The molecule has 3 nitrogen and oxygen atoms in total. The number of nitrogens with one attached hydrogen (secondary N) is 1. The van der Waals surface area contributed by atoms with Crippen LogP contribution in [0.4, 0.5) is 5.69 Å². The first-order valence-electron chi connectivity index (χ1n) is 6.33. The molecule has 110 valence electrons. The Morgan fingerprint density at radius 1 is 1.26 bits per heavy atom. The van der Waals surface area contributed by atoms with Crippen molar-refractivity contribution in [2.45, 2.75) is 33.4 Å². The number of hydrogen-bond donors (Lipinski definition) is 1. The van der Waals surface area contributed by atoms with Crippen LogP contribution >= 0.6 is 11.8 Å². The van der Waals surface area contributed by atoms with Gasteiger partial charge in [0.05, 0.1) is 7.11 Å². The molecule has 0 spiro atoms. The van der Waals surface area contributed by atoms with E-state index in [2.05, 4.69) is 42.3 Å². The first-order chi connectivity index (χ1) is 9.10. The molecule has 0 aliphatic carbocycles. The van der Waals surface area contributed by atoms with E-state index < -0.39 is 0 Å². The molecule has 1 N–H and O–H groups in total. The standard InChI is InChI=1S/C11H17NS.C2H4O2.C2H6/c1-8-6-11(12-3)9(2)5-10(8)7-13-4;1-4-2-3;1-2/h5-6,12H,7H2,1-4H3;2H,1H3;1-2H3. The molecule has 0 amide bonds. The fourth-order valence-corrected chi connectivity index (χ4v) is 2.08. The quantitative estimate of drug-likeness (QED) is 0.848. The van der Waals surface area contributed by atoms with E-state index in [1.165, 1.54) is 29.5 Å². The summed E-state index contributed by atoms with van der Waals surface area (Å²) in [5.41, 5.74) is 5.40. The average Bonchev–Trinajstić information content (AvgIpc) is 2.45. The minimum atomic E-state index is 0.375. The van der Waals surface area contributed by atoms with E-state index >= 15 is 0 Å². The molecule has 19 heavy (non-hydrogen) atoms. The average molecular weight is 285 g/mol. The Morgan fingerprint density at radius 3 is 2.16 bits per heavy atom. The Morgan fingerprint density at radius 2 is 1.79 bits per heavy atom. The Kier molecular flexibility index (Phi) is 14.1. The molecule has 0 aromatic heterocycles. The highest BCUT2D eigenvalue weighted by atomic mass is 32.2. The molecule has 0 radical (unpaired) electrons. The van der Waals surface area contributed by atoms with E-state index in [0.29, 0.717) is 6.47 Å². The van der Waals surface area contributed by atoms with Crippen LogP contribution in [0.25, 0.3) is 0 Å². The molecule has 4 heteroatoms. The van der Waals surface area contributed by atoms with Crippen LogP contribution in [-0.4, -0.2) is 26.9 Å². The van der Waals surface area contributed by atoms with Crippen molar-refractivity contribution < 1.29 is 9.53 Å². The zero-order valence-corrected chi connectivity index (χ0v) is 14.0. The molecule has 0 atom stereocenters. The Bertz CT molecular complexity index is 354. The van der Waals surface area contributed by atoms with E-state index in [-0.39, 0.29) is 0 Å². The molecule has 0 saturated carbocycles. The fourth-order valence-electron chi connectivity index (χ4n) is 1.46. The van der Waals surface area contributed by atoms with E-state index in [1.807, 2.05) is 32.7 Å². The Labute approximate surface area is 122 Å². The lowest BCUT2D eigenvalue weighted by atomic mass is 10.1. The van der Waals surface area contributed by atoms with Crippen LogP contribution in [0, 0.1) is 13.8 Å². The van der Waals surface area contributed by atoms with Crippen LogP contribution in [0.1, 0.15) is 30.5 Å². The van der Waals surface area contributed by atoms with Gasteiger partial charge in [0.15, 0.2) is 0 Å². The summed E-state index contributed by atoms with van der Waals surface area (Å²) in [4.78, 5) is 8.95. The second-order valence-corrected chi connectivity index (χ2v) is 4.47. The molecule has 1 aromatic rings. The number of rotatable bonds is 4. The maximum absolute atomic E-state index is 8.95. The number of carbonyl (C=O) groups excluding carboxylic acids is 1. The molecule has 0 fully saturated rings. The zero-order chi connectivity index (χ0) is 15.3. The minimum Gasteiger partial charge on any atom is -0.471 e. The van der Waals surface area contributed by atoms with Crippen molar-refractivity contribution >= 4 is 23.9 Å². The van der Waals surface area contributed by atoms with Crippen LogP contribution in [-0.2, 0) is 15.3 Å². The molecular formula is C15H27NO2S. The number of aryl methyl sites for hydroxylation is 2. The SMILES string of the molecule is CC.CNc1cc(C)c(CSC)cc1C.COC=O. The third kappa shape index (κ3) is 8.54. The van der Waals surface area contributed by atoms with E-state index in [0.717, 1.165) is 5.75 Å². The highest BCUT2D eigenvalue weighted by Crippen LogP contribution is 2.22. The largest absolute Gasteiger partial charge is 0.471 e. The van der Waals surface area contributed by atoms with Gasteiger partial charge < -0.3 is 10.1 Å². The lowest BCUT2D eigenvalue weighted by Crippen LogP contribution is -1.95. The number of ether oxygens (including phenoxy) is 1. The van der Waals surface area contributed by atoms with Gasteiger partial charge in [-0.2, -0.15) is 11.8 Å². The van der Waals surface area contributed by atoms with Gasteiger partial charge in [-0.1, -0.05) is 19.9 Å². The van der Waals surface area contributed by atoms with Gasteiger partial charge in [-0.25, -0.2) is 0 Å².